The Labute approximate surface area is 98.1 Å². The van der Waals surface area contributed by atoms with Crippen LogP contribution >= 0.6 is 0 Å². The third-order valence-corrected chi connectivity index (χ3v) is 3.13. The number of likely N-dealkylation sites (tertiary alicyclic amines) is 1. The summed E-state index contributed by atoms with van der Waals surface area (Å²) in [6.45, 7) is 11.4. The Kier molecular flexibility index (Phi) is 3.84. The number of carbonyl (C=O) groups is 1. The molecule has 1 rings (SSSR count). The zero-order valence-corrected chi connectivity index (χ0v) is 11.0. The zero-order valence-electron chi connectivity index (χ0n) is 11.0. The first kappa shape index (κ1) is 13.3. The quantitative estimate of drug-likeness (QED) is 0.784. The van der Waals surface area contributed by atoms with E-state index in [4.69, 9.17) is 10.5 Å². The van der Waals surface area contributed by atoms with Crippen molar-refractivity contribution in [1.82, 2.24) is 4.90 Å². The first-order chi connectivity index (χ1) is 7.20. The molecule has 1 aliphatic rings. The molecule has 2 N–H and O–H groups in total. The molecule has 94 valence electrons. The molecular formula is C12H24N2O2. The Morgan fingerprint density at radius 2 is 1.88 bits per heavy atom. The lowest BCUT2D eigenvalue weighted by atomic mass is 9.83. The SMILES string of the molecule is CC(N)C(C)C1CN(C(=O)OC(C)(C)C)C1. The molecule has 0 aromatic heterocycles. The molecule has 2 atom stereocenters. The van der Waals surface area contributed by atoms with Crippen LogP contribution in [0.4, 0.5) is 4.79 Å². The number of amides is 1. The molecule has 1 aliphatic heterocycles. The van der Waals surface area contributed by atoms with Gasteiger partial charge in [-0.15, -0.1) is 0 Å². The second kappa shape index (κ2) is 4.62. The van der Waals surface area contributed by atoms with Gasteiger partial charge in [-0.05, 0) is 39.5 Å². The molecule has 4 heteroatoms. The van der Waals surface area contributed by atoms with Gasteiger partial charge in [-0.25, -0.2) is 4.79 Å². The van der Waals surface area contributed by atoms with Crippen LogP contribution in [0.3, 0.4) is 0 Å². The van der Waals surface area contributed by atoms with E-state index in [1.165, 1.54) is 0 Å². The normalized spacial score (nSPS) is 21.2. The van der Waals surface area contributed by atoms with Gasteiger partial charge in [0.1, 0.15) is 5.60 Å². The molecule has 0 aliphatic carbocycles. The molecule has 0 aromatic rings. The van der Waals surface area contributed by atoms with Crippen molar-refractivity contribution in [2.24, 2.45) is 17.6 Å². The summed E-state index contributed by atoms with van der Waals surface area (Å²) in [5, 5.41) is 0. The fraction of sp³-hybridized carbons (Fsp3) is 0.917. The fourth-order valence-corrected chi connectivity index (χ4v) is 1.75. The van der Waals surface area contributed by atoms with Gasteiger partial charge in [-0.2, -0.15) is 0 Å². The van der Waals surface area contributed by atoms with Gasteiger partial charge in [0.25, 0.3) is 0 Å². The molecule has 0 saturated carbocycles. The summed E-state index contributed by atoms with van der Waals surface area (Å²) in [4.78, 5) is 13.4. The first-order valence-corrected chi connectivity index (χ1v) is 5.94. The summed E-state index contributed by atoms with van der Waals surface area (Å²) >= 11 is 0. The lowest BCUT2D eigenvalue weighted by Crippen LogP contribution is -2.55. The third-order valence-electron chi connectivity index (χ3n) is 3.13. The number of nitrogens with zero attached hydrogens (tertiary/aromatic N) is 1. The van der Waals surface area contributed by atoms with Crippen molar-refractivity contribution >= 4 is 6.09 Å². The topological polar surface area (TPSA) is 55.6 Å². The Morgan fingerprint density at radius 1 is 1.38 bits per heavy atom. The summed E-state index contributed by atoms with van der Waals surface area (Å²) < 4.78 is 5.29. The van der Waals surface area contributed by atoms with Gasteiger partial charge in [0.15, 0.2) is 0 Å². The van der Waals surface area contributed by atoms with Crippen molar-refractivity contribution in [1.29, 1.82) is 0 Å². The second-order valence-corrected chi connectivity index (χ2v) is 5.86. The highest BCUT2D eigenvalue weighted by Crippen LogP contribution is 2.26. The van der Waals surface area contributed by atoms with Crippen LogP contribution in [0, 0.1) is 11.8 Å². The van der Waals surface area contributed by atoms with E-state index < -0.39 is 5.60 Å². The molecule has 1 heterocycles. The van der Waals surface area contributed by atoms with Gasteiger partial charge < -0.3 is 15.4 Å². The van der Waals surface area contributed by atoms with E-state index in [2.05, 4.69) is 6.92 Å². The second-order valence-electron chi connectivity index (χ2n) is 5.86. The lowest BCUT2D eigenvalue weighted by Gasteiger charge is -2.43. The molecule has 1 saturated heterocycles. The molecular weight excluding hydrogens is 204 g/mol. The van der Waals surface area contributed by atoms with Crippen LogP contribution in [0.1, 0.15) is 34.6 Å². The molecule has 2 unspecified atom stereocenters. The van der Waals surface area contributed by atoms with E-state index in [1.54, 1.807) is 4.90 Å². The van der Waals surface area contributed by atoms with Crippen LogP contribution < -0.4 is 5.73 Å². The monoisotopic (exact) mass is 228 g/mol. The molecule has 0 aromatic carbocycles. The Balaban J connectivity index is 2.33. The highest BCUT2D eigenvalue weighted by molar-refractivity contribution is 5.69. The van der Waals surface area contributed by atoms with Crippen LogP contribution in [0.15, 0.2) is 0 Å². The predicted molar refractivity (Wildman–Crippen MR) is 64.1 cm³/mol. The van der Waals surface area contributed by atoms with Crippen molar-refractivity contribution in [3.05, 3.63) is 0 Å². The maximum absolute atomic E-state index is 11.7. The Hall–Kier alpha value is -0.770. The number of hydrogen-bond acceptors (Lipinski definition) is 3. The minimum absolute atomic E-state index is 0.186. The van der Waals surface area contributed by atoms with Crippen LogP contribution in [0.5, 0.6) is 0 Å². The van der Waals surface area contributed by atoms with Gasteiger partial charge in [0, 0.05) is 19.1 Å². The molecule has 0 radical (unpaired) electrons. The van der Waals surface area contributed by atoms with Crippen molar-refractivity contribution in [3.8, 4) is 0 Å². The number of nitrogens with two attached hydrogens (primary N) is 1. The largest absolute Gasteiger partial charge is 0.444 e. The third kappa shape index (κ3) is 3.37. The lowest BCUT2D eigenvalue weighted by molar-refractivity contribution is -0.0110. The van der Waals surface area contributed by atoms with Crippen LogP contribution in [-0.2, 0) is 4.74 Å². The number of carbonyl (C=O) groups excluding carboxylic acids is 1. The maximum atomic E-state index is 11.7. The van der Waals surface area contributed by atoms with Gasteiger partial charge in [0.2, 0.25) is 0 Å². The average Bonchev–Trinajstić information content (AvgIpc) is 1.96. The standard InChI is InChI=1S/C12H24N2O2/c1-8(9(2)13)10-6-14(7-10)11(15)16-12(3,4)5/h8-10H,6-7,13H2,1-5H3. The van der Waals surface area contributed by atoms with E-state index in [1.807, 2.05) is 27.7 Å². The summed E-state index contributed by atoms with van der Waals surface area (Å²) in [5.41, 5.74) is 5.43. The van der Waals surface area contributed by atoms with Gasteiger partial charge in [0.05, 0.1) is 0 Å². The zero-order chi connectivity index (χ0) is 12.5. The van der Waals surface area contributed by atoms with Gasteiger partial charge in [-0.3, -0.25) is 0 Å². The first-order valence-electron chi connectivity index (χ1n) is 5.94. The number of rotatable bonds is 2. The van der Waals surface area contributed by atoms with E-state index >= 15 is 0 Å². The van der Waals surface area contributed by atoms with Gasteiger partial charge in [-0.1, -0.05) is 6.92 Å². The molecule has 0 bridgehead atoms. The smallest absolute Gasteiger partial charge is 0.410 e. The number of hydrogen-bond donors (Lipinski definition) is 1. The van der Waals surface area contributed by atoms with Crippen molar-refractivity contribution in [2.75, 3.05) is 13.1 Å². The minimum Gasteiger partial charge on any atom is -0.444 e. The molecule has 1 fully saturated rings. The van der Waals surface area contributed by atoms with Crippen molar-refractivity contribution in [3.63, 3.8) is 0 Å². The fourth-order valence-electron chi connectivity index (χ4n) is 1.75. The van der Waals surface area contributed by atoms with Crippen LogP contribution in [-0.4, -0.2) is 35.7 Å². The maximum Gasteiger partial charge on any atom is 0.410 e. The van der Waals surface area contributed by atoms with Gasteiger partial charge >= 0.3 is 6.09 Å². The van der Waals surface area contributed by atoms with Crippen molar-refractivity contribution in [2.45, 2.75) is 46.3 Å². The average molecular weight is 228 g/mol. The van der Waals surface area contributed by atoms with E-state index in [-0.39, 0.29) is 12.1 Å². The summed E-state index contributed by atoms with van der Waals surface area (Å²) in [6, 6.07) is 0.186. The number of ether oxygens (including phenoxy) is 1. The summed E-state index contributed by atoms with van der Waals surface area (Å²) in [6.07, 6.45) is -0.208. The molecule has 4 nitrogen and oxygen atoms in total. The van der Waals surface area contributed by atoms with E-state index in [0.717, 1.165) is 13.1 Å². The molecule has 1 amide bonds. The summed E-state index contributed by atoms with van der Waals surface area (Å²) in [7, 11) is 0. The molecule has 16 heavy (non-hydrogen) atoms. The highest BCUT2D eigenvalue weighted by Gasteiger charge is 2.37. The van der Waals surface area contributed by atoms with Crippen molar-refractivity contribution < 1.29 is 9.53 Å². The minimum atomic E-state index is -0.408. The summed E-state index contributed by atoms with van der Waals surface area (Å²) in [5.74, 6) is 0.978. The van der Waals surface area contributed by atoms with E-state index in [9.17, 15) is 4.79 Å². The van der Waals surface area contributed by atoms with E-state index in [0.29, 0.717) is 11.8 Å². The highest BCUT2D eigenvalue weighted by atomic mass is 16.6. The Bertz CT molecular complexity index is 252. The van der Waals surface area contributed by atoms with Crippen LogP contribution in [0.25, 0.3) is 0 Å². The molecule has 0 spiro atoms. The predicted octanol–water partition coefficient (Wildman–Crippen LogP) is 1.84. The van der Waals surface area contributed by atoms with Crippen LogP contribution in [0.2, 0.25) is 0 Å². The Morgan fingerprint density at radius 3 is 2.25 bits per heavy atom.